The van der Waals surface area contributed by atoms with Crippen molar-refractivity contribution in [2.75, 3.05) is 0 Å². The SMILES string of the molecule is FC(F)(F)c1ccn(Cc2ccc(CNC3CC3)cc2)n1. The Morgan fingerprint density at radius 1 is 1.10 bits per heavy atom. The van der Waals surface area contributed by atoms with Gasteiger partial charge in [0, 0.05) is 18.8 Å². The van der Waals surface area contributed by atoms with Crippen LogP contribution >= 0.6 is 0 Å². The van der Waals surface area contributed by atoms with Crippen LogP contribution in [0, 0.1) is 0 Å². The maximum absolute atomic E-state index is 12.5. The van der Waals surface area contributed by atoms with E-state index in [0.717, 1.165) is 18.2 Å². The van der Waals surface area contributed by atoms with Crippen molar-refractivity contribution in [1.29, 1.82) is 0 Å². The Morgan fingerprint density at radius 2 is 1.76 bits per heavy atom. The normalized spacial score (nSPS) is 15.4. The molecule has 1 aliphatic carbocycles. The molecule has 0 unspecified atom stereocenters. The largest absolute Gasteiger partial charge is 0.435 e. The van der Waals surface area contributed by atoms with E-state index in [1.165, 1.54) is 29.3 Å². The molecule has 2 aromatic rings. The first-order valence-electron chi connectivity index (χ1n) is 6.92. The molecule has 0 radical (unpaired) electrons. The van der Waals surface area contributed by atoms with Crippen LogP contribution in [0.5, 0.6) is 0 Å². The van der Waals surface area contributed by atoms with E-state index >= 15 is 0 Å². The van der Waals surface area contributed by atoms with Crippen molar-refractivity contribution in [3.8, 4) is 0 Å². The van der Waals surface area contributed by atoms with Crippen molar-refractivity contribution in [3.05, 3.63) is 53.3 Å². The number of halogens is 3. The van der Waals surface area contributed by atoms with Crippen LogP contribution in [0.2, 0.25) is 0 Å². The highest BCUT2D eigenvalue weighted by Crippen LogP contribution is 2.27. The van der Waals surface area contributed by atoms with Gasteiger partial charge in [-0.1, -0.05) is 24.3 Å². The fourth-order valence-corrected chi connectivity index (χ4v) is 2.10. The monoisotopic (exact) mass is 295 g/mol. The molecular formula is C15H16F3N3. The number of hydrogen-bond acceptors (Lipinski definition) is 2. The van der Waals surface area contributed by atoms with Crippen molar-refractivity contribution < 1.29 is 13.2 Å². The highest BCUT2D eigenvalue weighted by molar-refractivity contribution is 5.23. The third-order valence-corrected chi connectivity index (χ3v) is 3.47. The minimum atomic E-state index is -4.39. The molecule has 1 fully saturated rings. The molecule has 1 heterocycles. The maximum Gasteiger partial charge on any atom is 0.435 e. The lowest BCUT2D eigenvalue weighted by molar-refractivity contribution is -0.141. The van der Waals surface area contributed by atoms with Gasteiger partial charge in [-0.05, 0) is 30.0 Å². The van der Waals surface area contributed by atoms with Gasteiger partial charge in [-0.2, -0.15) is 18.3 Å². The Balaban J connectivity index is 1.60. The Morgan fingerprint density at radius 3 is 2.33 bits per heavy atom. The summed E-state index contributed by atoms with van der Waals surface area (Å²) in [5.41, 5.74) is 1.26. The van der Waals surface area contributed by atoms with E-state index in [9.17, 15) is 13.2 Å². The number of nitrogens with one attached hydrogen (secondary N) is 1. The summed E-state index contributed by atoms with van der Waals surface area (Å²) in [6.07, 6.45) is -0.535. The van der Waals surface area contributed by atoms with E-state index in [0.29, 0.717) is 12.6 Å². The second kappa shape index (κ2) is 5.52. The molecule has 6 heteroatoms. The summed E-state index contributed by atoms with van der Waals surface area (Å²) >= 11 is 0. The molecule has 112 valence electrons. The van der Waals surface area contributed by atoms with Gasteiger partial charge in [-0.25, -0.2) is 0 Å². The van der Waals surface area contributed by atoms with Crippen LogP contribution in [0.15, 0.2) is 36.5 Å². The van der Waals surface area contributed by atoms with Gasteiger partial charge in [0.25, 0.3) is 0 Å². The minimum Gasteiger partial charge on any atom is -0.310 e. The smallest absolute Gasteiger partial charge is 0.310 e. The molecule has 1 aromatic heterocycles. The van der Waals surface area contributed by atoms with Crippen molar-refractivity contribution >= 4 is 0 Å². The summed E-state index contributed by atoms with van der Waals surface area (Å²) in [5.74, 6) is 0. The molecule has 1 N–H and O–H groups in total. The standard InChI is InChI=1S/C15H16F3N3/c16-15(17,18)14-7-8-21(20-14)10-12-3-1-11(2-4-12)9-19-13-5-6-13/h1-4,7-8,13,19H,5-6,9-10H2. The van der Waals surface area contributed by atoms with E-state index in [-0.39, 0.29) is 0 Å². The van der Waals surface area contributed by atoms with E-state index in [2.05, 4.69) is 10.4 Å². The molecule has 3 rings (SSSR count). The molecule has 1 aliphatic rings. The van der Waals surface area contributed by atoms with Gasteiger partial charge < -0.3 is 5.32 Å². The van der Waals surface area contributed by atoms with Crippen LogP contribution in [0.1, 0.15) is 29.7 Å². The van der Waals surface area contributed by atoms with Crippen molar-refractivity contribution in [2.45, 2.75) is 38.1 Å². The number of aromatic nitrogens is 2. The molecule has 0 amide bonds. The molecule has 0 atom stereocenters. The average molecular weight is 295 g/mol. The van der Waals surface area contributed by atoms with Crippen molar-refractivity contribution in [2.24, 2.45) is 0 Å². The zero-order valence-corrected chi connectivity index (χ0v) is 11.4. The van der Waals surface area contributed by atoms with E-state index in [1.54, 1.807) is 0 Å². The molecule has 0 aliphatic heterocycles. The van der Waals surface area contributed by atoms with Gasteiger partial charge in [0.1, 0.15) is 0 Å². The van der Waals surface area contributed by atoms with Crippen molar-refractivity contribution in [1.82, 2.24) is 15.1 Å². The van der Waals surface area contributed by atoms with Crippen LogP contribution in [0.4, 0.5) is 13.2 Å². The van der Waals surface area contributed by atoms with Gasteiger partial charge >= 0.3 is 6.18 Å². The quantitative estimate of drug-likeness (QED) is 0.918. The van der Waals surface area contributed by atoms with Crippen molar-refractivity contribution in [3.63, 3.8) is 0 Å². The summed E-state index contributed by atoms with van der Waals surface area (Å²) in [4.78, 5) is 0. The lowest BCUT2D eigenvalue weighted by atomic mass is 10.1. The van der Waals surface area contributed by atoms with E-state index < -0.39 is 11.9 Å². The molecule has 0 spiro atoms. The fraction of sp³-hybridized carbons (Fsp3) is 0.400. The number of benzene rings is 1. The van der Waals surface area contributed by atoms with Gasteiger partial charge in [0.05, 0.1) is 6.54 Å². The predicted molar refractivity (Wildman–Crippen MR) is 72.6 cm³/mol. The van der Waals surface area contributed by atoms with Gasteiger partial charge in [-0.15, -0.1) is 0 Å². The highest BCUT2D eigenvalue weighted by atomic mass is 19.4. The Bertz CT molecular complexity index is 597. The van der Waals surface area contributed by atoms with Crippen LogP contribution in [-0.2, 0) is 19.3 Å². The minimum absolute atomic E-state index is 0.340. The van der Waals surface area contributed by atoms with Gasteiger partial charge in [-0.3, -0.25) is 4.68 Å². The Kier molecular flexibility index (Phi) is 3.71. The molecular weight excluding hydrogens is 279 g/mol. The van der Waals surface area contributed by atoms with Crippen LogP contribution in [0.25, 0.3) is 0 Å². The van der Waals surface area contributed by atoms with E-state index in [1.807, 2.05) is 24.3 Å². The Labute approximate surface area is 120 Å². The third-order valence-electron chi connectivity index (χ3n) is 3.47. The predicted octanol–water partition coefficient (Wildman–Crippen LogP) is 3.20. The number of hydrogen-bond donors (Lipinski definition) is 1. The lowest BCUT2D eigenvalue weighted by Gasteiger charge is -2.06. The second-order valence-corrected chi connectivity index (χ2v) is 5.37. The Hall–Kier alpha value is -1.82. The van der Waals surface area contributed by atoms with Gasteiger partial charge in [0.15, 0.2) is 5.69 Å². The zero-order valence-electron chi connectivity index (χ0n) is 11.4. The topological polar surface area (TPSA) is 29.9 Å². The third kappa shape index (κ3) is 3.85. The van der Waals surface area contributed by atoms with E-state index in [4.69, 9.17) is 0 Å². The molecule has 0 saturated heterocycles. The molecule has 1 saturated carbocycles. The first-order chi connectivity index (χ1) is 10.0. The average Bonchev–Trinajstić information content (AvgIpc) is 3.14. The van der Waals surface area contributed by atoms with Gasteiger partial charge in [0.2, 0.25) is 0 Å². The first-order valence-corrected chi connectivity index (χ1v) is 6.92. The highest BCUT2D eigenvalue weighted by Gasteiger charge is 2.33. The van der Waals surface area contributed by atoms with Crippen LogP contribution in [-0.4, -0.2) is 15.8 Å². The lowest BCUT2D eigenvalue weighted by Crippen LogP contribution is -2.15. The summed E-state index contributed by atoms with van der Waals surface area (Å²) < 4.78 is 38.7. The number of alkyl halides is 3. The van der Waals surface area contributed by atoms with Crippen LogP contribution < -0.4 is 5.32 Å². The molecule has 0 bridgehead atoms. The molecule has 3 nitrogen and oxygen atoms in total. The second-order valence-electron chi connectivity index (χ2n) is 5.37. The number of rotatable bonds is 5. The summed E-state index contributed by atoms with van der Waals surface area (Å²) in [7, 11) is 0. The summed E-state index contributed by atoms with van der Waals surface area (Å²) in [6.45, 7) is 1.18. The number of nitrogens with zero attached hydrogens (tertiary/aromatic N) is 2. The molecule has 21 heavy (non-hydrogen) atoms. The first kappa shape index (κ1) is 14.1. The zero-order chi connectivity index (χ0) is 14.9. The maximum atomic E-state index is 12.5. The summed E-state index contributed by atoms with van der Waals surface area (Å²) in [6, 6.07) is 9.51. The fourth-order valence-electron chi connectivity index (χ4n) is 2.10. The summed E-state index contributed by atoms with van der Waals surface area (Å²) in [5, 5.41) is 6.97. The van der Waals surface area contributed by atoms with Crippen LogP contribution in [0.3, 0.4) is 0 Å². The molecule has 1 aromatic carbocycles.